The summed E-state index contributed by atoms with van der Waals surface area (Å²) in [5.74, 6) is 0. The van der Waals surface area contributed by atoms with E-state index in [9.17, 15) is 0 Å². The van der Waals surface area contributed by atoms with Crippen molar-refractivity contribution in [3.05, 3.63) is 111 Å². The van der Waals surface area contributed by atoms with Crippen LogP contribution >= 0.6 is 35.4 Å². The van der Waals surface area contributed by atoms with Gasteiger partial charge < -0.3 is 14.8 Å². The number of nitrogens with zero attached hydrogens (tertiary/aromatic N) is 4. The first kappa shape index (κ1) is 22.8. The highest BCUT2D eigenvalue weighted by atomic mass is 35.5. The molecule has 1 fully saturated rings. The van der Waals surface area contributed by atoms with Crippen LogP contribution in [0.3, 0.4) is 0 Å². The van der Waals surface area contributed by atoms with Gasteiger partial charge in [-0.1, -0.05) is 41.4 Å². The average Bonchev–Trinajstić information content (AvgIpc) is 3.32. The van der Waals surface area contributed by atoms with Gasteiger partial charge in [0.2, 0.25) is 0 Å². The van der Waals surface area contributed by atoms with Crippen LogP contribution in [0.15, 0.2) is 73.1 Å². The molecule has 1 aromatic carbocycles. The molecule has 0 bridgehead atoms. The van der Waals surface area contributed by atoms with Crippen molar-refractivity contribution < 1.29 is 0 Å². The number of aromatic nitrogens is 3. The molecule has 0 aliphatic carbocycles. The molecule has 8 heteroatoms. The van der Waals surface area contributed by atoms with Crippen molar-refractivity contribution in [3.63, 3.8) is 0 Å². The van der Waals surface area contributed by atoms with E-state index in [2.05, 4.69) is 44.7 Å². The fourth-order valence-corrected chi connectivity index (χ4v) is 5.39. The Kier molecular flexibility index (Phi) is 6.30. The Balaban J connectivity index is 1.64. The lowest BCUT2D eigenvalue weighted by Crippen LogP contribution is -2.29. The largest absolute Gasteiger partial charge is 0.352 e. The Bertz CT molecular complexity index is 1340. The van der Waals surface area contributed by atoms with Crippen molar-refractivity contribution >= 4 is 40.5 Å². The first-order valence-corrected chi connectivity index (χ1v) is 12.1. The minimum atomic E-state index is -0.110. The quantitative estimate of drug-likeness (QED) is 0.318. The van der Waals surface area contributed by atoms with E-state index >= 15 is 0 Å². The van der Waals surface area contributed by atoms with Crippen LogP contribution in [0.1, 0.15) is 40.4 Å². The number of nitrogens with one attached hydrogen (secondary N) is 1. The summed E-state index contributed by atoms with van der Waals surface area (Å²) >= 11 is 18.8. The standard InChI is InChI=1S/C26H23Cl2N5S/c1-16-14-19(17(2)33(16)22-11-7-9-20(27)23(22)28)25-24(21-10-4-6-13-30-21)31-26(34)32(25)15-18-8-3-5-12-29-18/h3-14,24-25H,15H2,1-2H3,(H,31,34). The van der Waals surface area contributed by atoms with Crippen LogP contribution in [-0.2, 0) is 6.54 Å². The highest BCUT2D eigenvalue weighted by Crippen LogP contribution is 2.42. The second-order valence-corrected chi connectivity index (χ2v) is 9.48. The van der Waals surface area contributed by atoms with E-state index in [1.54, 1.807) is 12.3 Å². The third kappa shape index (κ3) is 4.06. The van der Waals surface area contributed by atoms with Crippen LogP contribution in [0.5, 0.6) is 0 Å². The Labute approximate surface area is 214 Å². The maximum Gasteiger partial charge on any atom is 0.170 e. The van der Waals surface area contributed by atoms with E-state index in [4.69, 9.17) is 35.4 Å². The molecule has 1 N–H and O–H groups in total. The first-order valence-electron chi connectivity index (χ1n) is 11.0. The van der Waals surface area contributed by atoms with Gasteiger partial charge in [-0.2, -0.15) is 0 Å². The maximum atomic E-state index is 6.61. The fourth-order valence-electron chi connectivity index (χ4n) is 4.70. The lowest BCUT2D eigenvalue weighted by atomic mass is 9.96. The predicted octanol–water partition coefficient (Wildman–Crippen LogP) is 6.36. The van der Waals surface area contributed by atoms with E-state index in [1.807, 2.05) is 54.7 Å². The van der Waals surface area contributed by atoms with Gasteiger partial charge in [-0.25, -0.2) is 0 Å². The molecular formula is C26H23Cl2N5S. The molecule has 0 radical (unpaired) electrons. The van der Waals surface area contributed by atoms with Gasteiger partial charge in [-0.3, -0.25) is 9.97 Å². The second kappa shape index (κ2) is 9.37. The minimum absolute atomic E-state index is 0.0812. The van der Waals surface area contributed by atoms with Gasteiger partial charge in [0.1, 0.15) is 0 Å². The van der Waals surface area contributed by atoms with Crippen LogP contribution in [0.4, 0.5) is 0 Å². The van der Waals surface area contributed by atoms with Crippen LogP contribution in [0, 0.1) is 13.8 Å². The van der Waals surface area contributed by atoms with E-state index in [1.165, 1.54) is 0 Å². The Morgan fingerprint density at radius 1 is 0.971 bits per heavy atom. The van der Waals surface area contributed by atoms with Crippen LogP contribution in [0.2, 0.25) is 10.0 Å². The lowest BCUT2D eigenvalue weighted by molar-refractivity contribution is 0.307. The minimum Gasteiger partial charge on any atom is -0.352 e. The zero-order valence-electron chi connectivity index (χ0n) is 18.7. The highest BCUT2D eigenvalue weighted by molar-refractivity contribution is 7.80. The van der Waals surface area contributed by atoms with Gasteiger partial charge in [-0.15, -0.1) is 0 Å². The fraction of sp³-hybridized carbons (Fsp3) is 0.192. The number of aryl methyl sites for hydroxylation is 1. The third-order valence-electron chi connectivity index (χ3n) is 6.22. The van der Waals surface area contributed by atoms with Crippen LogP contribution in [-0.4, -0.2) is 24.5 Å². The molecule has 0 saturated carbocycles. The zero-order valence-corrected chi connectivity index (χ0v) is 21.1. The third-order valence-corrected chi connectivity index (χ3v) is 7.38. The van der Waals surface area contributed by atoms with Crippen molar-refractivity contribution in [1.82, 2.24) is 24.8 Å². The number of benzene rings is 1. The molecule has 2 unspecified atom stereocenters. The molecule has 3 aromatic heterocycles. The SMILES string of the molecule is Cc1cc(C2C(c3ccccn3)NC(=S)N2Cc2ccccn2)c(C)n1-c1cccc(Cl)c1Cl. The van der Waals surface area contributed by atoms with E-state index in [0.717, 1.165) is 34.0 Å². The summed E-state index contributed by atoms with van der Waals surface area (Å²) in [7, 11) is 0. The summed E-state index contributed by atoms with van der Waals surface area (Å²) < 4.78 is 2.15. The Morgan fingerprint density at radius 3 is 2.44 bits per heavy atom. The van der Waals surface area contributed by atoms with Gasteiger partial charge in [0.05, 0.1) is 45.7 Å². The summed E-state index contributed by atoms with van der Waals surface area (Å²) in [5.41, 5.74) is 6.02. The van der Waals surface area contributed by atoms with Crippen molar-refractivity contribution in [2.75, 3.05) is 0 Å². The second-order valence-electron chi connectivity index (χ2n) is 8.31. The molecule has 4 aromatic rings. The van der Waals surface area contributed by atoms with E-state index < -0.39 is 0 Å². The molecule has 5 nitrogen and oxygen atoms in total. The highest BCUT2D eigenvalue weighted by Gasteiger charge is 2.41. The zero-order chi connectivity index (χ0) is 23.8. The van der Waals surface area contributed by atoms with Gasteiger partial charge in [0.25, 0.3) is 0 Å². The van der Waals surface area contributed by atoms with Crippen molar-refractivity contribution in [3.8, 4) is 5.69 Å². The van der Waals surface area contributed by atoms with Crippen molar-refractivity contribution in [2.45, 2.75) is 32.5 Å². The van der Waals surface area contributed by atoms with Crippen LogP contribution in [0.25, 0.3) is 5.69 Å². The molecule has 0 amide bonds. The number of hydrogen-bond acceptors (Lipinski definition) is 3. The van der Waals surface area contributed by atoms with Crippen molar-refractivity contribution in [1.29, 1.82) is 0 Å². The Morgan fingerprint density at radius 2 is 1.74 bits per heavy atom. The molecule has 172 valence electrons. The summed E-state index contributed by atoms with van der Waals surface area (Å²) in [6.07, 6.45) is 3.62. The van der Waals surface area contributed by atoms with E-state index in [0.29, 0.717) is 21.7 Å². The topological polar surface area (TPSA) is 46.0 Å². The molecular weight excluding hydrogens is 485 g/mol. The molecule has 1 aliphatic heterocycles. The van der Waals surface area contributed by atoms with Crippen LogP contribution < -0.4 is 5.32 Å². The summed E-state index contributed by atoms with van der Waals surface area (Å²) in [6, 6.07) is 19.6. The molecule has 4 heterocycles. The smallest absolute Gasteiger partial charge is 0.170 e. The van der Waals surface area contributed by atoms with Gasteiger partial charge in [-0.05, 0) is 74.1 Å². The summed E-state index contributed by atoms with van der Waals surface area (Å²) in [4.78, 5) is 11.4. The number of pyridine rings is 2. The lowest BCUT2D eigenvalue weighted by Gasteiger charge is -2.28. The van der Waals surface area contributed by atoms with Crippen molar-refractivity contribution in [2.24, 2.45) is 0 Å². The predicted molar refractivity (Wildman–Crippen MR) is 140 cm³/mol. The van der Waals surface area contributed by atoms with Gasteiger partial charge in [0.15, 0.2) is 5.11 Å². The number of hydrogen-bond donors (Lipinski definition) is 1. The molecule has 34 heavy (non-hydrogen) atoms. The van der Waals surface area contributed by atoms with E-state index in [-0.39, 0.29) is 12.1 Å². The number of halogens is 2. The first-order chi connectivity index (χ1) is 16.5. The van der Waals surface area contributed by atoms with Gasteiger partial charge in [0, 0.05) is 23.8 Å². The molecule has 2 atom stereocenters. The molecule has 0 spiro atoms. The van der Waals surface area contributed by atoms with Gasteiger partial charge >= 0.3 is 0 Å². The molecule has 5 rings (SSSR count). The Hall–Kier alpha value is -2.93. The maximum absolute atomic E-state index is 6.61. The monoisotopic (exact) mass is 507 g/mol. The molecule has 1 saturated heterocycles. The summed E-state index contributed by atoms with van der Waals surface area (Å²) in [5, 5.41) is 5.25. The number of thiocarbonyl (C=S) groups is 1. The molecule has 1 aliphatic rings. The summed E-state index contributed by atoms with van der Waals surface area (Å²) in [6.45, 7) is 4.77. The normalized spacial score (nSPS) is 17.8. The number of rotatable bonds is 5. The average molecular weight is 508 g/mol.